The van der Waals surface area contributed by atoms with Crippen LogP contribution in [0.3, 0.4) is 0 Å². The zero-order valence-corrected chi connectivity index (χ0v) is 15.9. The lowest BCUT2D eigenvalue weighted by atomic mass is 10.1. The van der Waals surface area contributed by atoms with Crippen LogP contribution in [0.25, 0.3) is 0 Å². The van der Waals surface area contributed by atoms with Crippen molar-refractivity contribution in [2.75, 3.05) is 33.4 Å². The molecule has 130 valence electrons. The van der Waals surface area contributed by atoms with E-state index < -0.39 is 0 Å². The molecule has 1 saturated heterocycles. The quantitative estimate of drug-likeness (QED) is 0.387. The average molecular weight is 434 g/mol. The monoisotopic (exact) mass is 434 g/mol. The number of halogens is 1. The minimum atomic E-state index is 0. The number of nitrogens with zero attached hydrogens (tertiary/aromatic N) is 2. The first kappa shape index (κ1) is 20.0. The molecule has 1 aliphatic rings. The van der Waals surface area contributed by atoms with Crippen LogP contribution in [0.4, 0.5) is 0 Å². The number of guanidine groups is 1. The van der Waals surface area contributed by atoms with Crippen molar-refractivity contribution in [3.05, 3.63) is 29.8 Å². The van der Waals surface area contributed by atoms with E-state index in [0.717, 1.165) is 43.9 Å². The molecule has 0 aliphatic carbocycles. The summed E-state index contributed by atoms with van der Waals surface area (Å²) in [7, 11) is 2.15. The summed E-state index contributed by atoms with van der Waals surface area (Å²) in [6.45, 7) is 3.77. The van der Waals surface area contributed by atoms with Gasteiger partial charge in [-0.25, -0.2) is 4.99 Å². The molecular weight excluding hydrogens is 407 g/mol. The molecule has 23 heavy (non-hydrogen) atoms. The van der Waals surface area contributed by atoms with Crippen LogP contribution in [0.2, 0.25) is 0 Å². The summed E-state index contributed by atoms with van der Waals surface area (Å²) in [6, 6.07) is 8.46. The molecule has 0 bridgehead atoms. The van der Waals surface area contributed by atoms with Crippen molar-refractivity contribution in [1.82, 2.24) is 4.90 Å². The second kappa shape index (κ2) is 10.7. The second-order valence-electron chi connectivity index (χ2n) is 5.56. The highest BCUT2D eigenvalue weighted by molar-refractivity contribution is 14.0. The van der Waals surface area contributed by atoms with E-state index in [-0.39, 0.29) is 29.9 Å². The Morgan fingerprint density at radius 1 is 1.35 bits per heavy atom. The Morgan fingerprint density at radius 3 is 2.78 bits per heavy atom. The molecule has 6 nitrogen and oxygen atoms in total. The van der Waals surface area contributed by atoms with E-state index in [1.165, 1.54) is 0 Å². The van der Waals surface area contributed by atoms with Crippen LogP contribution >= 0.6 is 24.0 Å². The highest BCUT2D eigenvalue weighted by atomic mass is 127. The largest absolute Gasteiger partial charge is 0.492 e. The summed E-state index contributed by atoms with van der Waals surface area (Å²) in [5.41, 5.74) is 11.7. The van der Waals surface area contributed by atoms with E-state index in [4.69, 9.17) is 20.9 Å². The Labute approximate surface area is 155 Å². The van der Waals surface area contributed by atoms with Crippen molar-refractivity contribution in [1.29, 1.82) is 0 Å². The third-order valence-corrected chi connectivity index (χ3v) is 3.87. The van der Waals surface area contributed by atoms with Crippen molar-refractivity contribution in [3.63, 3.8) is 0 Å². The topological polar surface area (TPSA) is 86.1 Å². The Hall–Kier alpha value is -1.06. The third kappa shape index (κ3) is 7.36. The lowest BCUT2D eigenvalue weighted by Gasteiger charge is -2.31. The summed E-state index contributed by atoms with van der Waals surface area (Å²) in [4.78, 5) is 6.36. The van der Waals surface area contributed by atoms with Gasteiger partial charge < -0.3 is 20.9 Å². The number of likely N-dealkylation sites (N-methyl/N-ethyl adjacent to an activating group) is 1. The zero-order valence-electron chi connectivity index (χ0n) is 13.6. The number of rotatable bonds is 7. The van der Waals surface area contributed by atoms with Gasteiger partial charge in [0, 0.05) is 25.8 Å². The van der Waals surface area contributed by atoms with E-state index in [9.17, 15) is 0 Å². The van der Waals surface area contributed by atoms with E-state index in [1.807, 2.05) is 24.3 Å². The number of ether oxygens (including phenoxy) is 2. The minimum absolute atomic E-state index is 0. The molecule has 0 amide bonds. The molecule has 2 rings (SSSR count). The van der Waals surface area contributed by atoms with Gasteiger partial charge in [0.1, 0.15) is 12.4 Å². The fraction of sp³-hybridized carbons (Fsp3) is 0.562. The molecule has 7 heteroatoms. The fourth-order valence-electron chi connectivity index (χ4n) is 2.53. The highest BCUT2D eigenvalue weighted by Gasteiger charge is 2.17. The zero-order chi connectivity index (χ0) is 15.8. The van der Waals surface area contributed by atoms with E-state index in [0.29, 0.717) is 19.2 Å². The van der Waals surface area contributed by atoms with Gasteiger partial charge in [0.05, 0.1) is 6.54 Å². The normalized spacial score (nSPS) is 15.0. The Morgan fingerprint density at radius 2 is 2.09 bits per heavy atom. The minimum Gasteiger partial charge on any atom is -0.492 e. The van der Waals surface area contributed by atoms with Gasteiger partial charge in [-0.1, -0.05) is 12.1 Å². The molecule has 1 fully saturated rings. The molecule has 0 radical (unpaired) electrons. The van der Waals surface area contributed by atoms with Gasteiger partial charge in [-0.15, -0.1) is 24.0 Å². The first-order valence-corrected chi connectivity index (χ1v) is 7.70. The number of benzene rings is 1. The average Bonchev–Trinajstić information content (AvgIpc) is 2.54. The van der Waals surface area contributed by atoms with Crippen LogP contribution in [-0.4, -0.2) is 50.3 Å². The predicted octanol–water partition coefficient (Wildman–Crippen LogP) is 1.57. The molecule has 0 atom stereocenters. The number of nitrogens with two attached hydrogens (primary N) is 2. The molecule has 1 heterocycles. The molecule has 0 aromatic heterocycles. The van der Waals surface area contributed by atoms with Crippen LogP contribution in [0, 0.1) is 0 Å². The molecule has 1 aromatic rings. The smallest absolute Gasteiger partial charge is 0.186 e. The van der Waals surface area contributed by atoms with Crippen molar-refractivity contribution in [3.8, 4) is 5.75 Å². The van der Waals surface area contributed by atoms with Crippen molar-refractivity contribution < 1.29 is 9.47 Å². The lowest BCUT2D eigenvalue weighted by Crippen LogP contribution is -2.38. The van der Waals surface area contributed by atoms with Gasteiger partial charge in [-0.2, -0.15) is 0 Å². The molecular formula is C16H27IN4O2. The molecule has 1 aliphatic heterocycles. The summed E-state index contributed by atoms with van der Waals surface area (Å²) in [5.74, 6) is 0.952. The maximum Gasteiger partial charge on any atom is 0.186 e. The molecule has 0 spiro atoms. The van der Waals surface area contributed by atoms with Crippen molar-refractivity contribution in [2.45, 2.75) is 25.4 Å². The Kier molecular flexibility index (Phi) is 9.27. The summed E-state index contributed by atoms with van der Waals surface area (Å²) in [5, 5.41) is 0. The first-order valence-electron chi connectivity index (χ1n) is 7.70. The summed E-state index contributed by atoms with van der Waals surface area (Å²) in [6.07, 6.45) is 2.20. The van der Waals surface area contributed by atoms with Gasteiger partial charge in [0.25, 0.3) is 0 Å². The van der Waals surface area contributed by atoms with Crippen molar-refractivity contribution in [2.24, 2.45) is 16.5 Å². The Balaban J connectivity index is 0.00000264. The van der Waals surface area contributed by atoms with E-state index in [1.54, 1.807) is 0 Å². The van der Waals surface area contributed by atoms with Gasteiger partial charge in [0.2, 0.25) is 0 Å². The van der Waals surface area contributed by atoms with Crippen LogP contribution < -0.4 is 16.2 Å². The van der Waals surface area contributed by atoms with E-state index in [2.05, 4.69) is 16.9 Å². The summed E-state index contributed by atoms with van der Waals surface area (Å²) < 4.78 is 11.2. The molecule has 0 saturated carbocycles. The van der Waals surface area contributed by atoms with Crippen LogP contribution in [0.15, 0.2) is 29.3 Å². The van der Waals surface area contributed by atoms with Gasteiger partial charge in [0.15, 0.2) is 5.96 Å². The Bertz CT molecular complexity index is 489. The summed E-state index contributed by atoms with van der Waals surface area (Å²) >= 11 is 0. The third-order valence-electron chi connectivity index (χ3n) is 3.87. The fourth-order valence-corrected chi connectivity index (χ4v) is 2.53. The van der Waals surface area contributed by atoms with Crippen LogP contribution in [0.5, 0.6) is 5.75 Å². The van der Waals surface area contributed by atoms with Gasteiger partial charge >= 0.3 is 0 Å². The van der Waals surface area contributed by atoms with Crippen LogP contribution in [-0.2, 0) is 11.3 Å². The van der Waals surface area contributed by atoms with Crippen molar-refractivity contribution >= 4 is 29.9 Å². The predicted molar refractivity (Wildman–Crippen MR) is 103 cm³/mol. The highest BCUT2D eigenvalue weighted by Crippen LogP contribution is 2.15. The maximum atomic E-state index is 5.83. The van der Waals surface area contributed by atoms with E-state index >= 15 is 0 Å². The second-order valence-corrected chi connectivity index (χ2v) is 5.56. The molecule has 4 N–H and O–H groups in total. The SMILES string of the molecule is CN(CCOc1cccc(CN=C(N)N)c1)C1CCOCC1.I. The molecule has 0 unspecified atom stereocenters. The number of hydrogen-bond acceptors (Lipinski definition) is 4. The lowest BCUT2D eigenvalue weighted by molar-refractivity contribution is 0.0392. The number of hydrogen-bond donors (Lipinski definition) is 2. The van der Waals surface area contributed by atoms with Gasteiger partial charge in [-0.3, -0.25) is 4.90 Å². The first-order chi connectivity index (χ1) is 10.6. The maximum absolute atomic E-state index is 5.83. The standard InChI is InChI=1S/C16H26N4O2.HI/c1-20(14-5-8-21-9-6-14)7-10-22-15-4-2-3-13(11-15)12-19-16(17)18;/h2-4,11,14H,5-10,12H2,1H3,(H4,17,18,19);1H. The number of aliphatic imine (C=N–C) groups is 1. The van der Waals surface area contributed by atoms with Gasteiger partial charge in [-0.05, 0) is 37.6 Å². The molecule has 1 aromatic carbocycles. The van der Waals surface area contributed by atoms with Crippen LogP contribution in [0.1, 0.15) is 18.4 Å².